The molecule has 0 aliphatic carbocycles. The number of anilines is 1. The Hall–Kier alpha value is -1.87. The molecule has 2 heterocycles. The second kappa shape index (κ2) is 5.41. The average molecular weight is 253 g/mol. The summed E-state index contributed by atoms with van der Waals surface area (Å²) in [4.78, 5) is 7.09. The lowest BCUT2D eigenvalue weighted by Crippen LogP contribution is -2.31. The van der Waals surface area contributed by atoms with Gasteiger partial charge in [-0.15, -0.1) is 0 Å². The number of nitrogens with one attached hydrogen (secondary N) is 1. The highest BCUT2D eigenvalue weighted by molar-refractivity contribution is 5.44. The van der Waals surface area contributed by atoms with Gasteiger partial charge in [-0.25, -0.2) is 4.98 Å². The SMILES string of the molecule is CNCc1cccc(N2CCc3ccccc3C2)n1. The first kappa shape index (κ1) is 12.2. The van der Waals surface area contributed by atoms with Crippen LogP contribution in [0.15, 0.2) is 42.5 Å². The summed E-state index contributed by atoms with van der Waals surface area (Å²) < 4.78 is 0. The zero-order valence-corrected chi connectivity index (χ0v) is 11.3. The van der Waals surface area contributed by atoms with E-state index in [0.29, 0.717) is 0 Å². The molecule has 19 heavy (non-hydrogen) atoms. The monoisotopic (exact) mass is 253 g/mol. The molecule has 0 fully saturated rings. The molecule has 1 aliphatic rings. The van der Waals surface area contributed by atoms with Crippen LogP contribution < -0.4 is 10.2 Å². The zero-order valence-electron chi connectivity index (χ0n) is 11.3. The minimum Gasteiger partial charge on any atom is -0.352 e. The molecule has 3 nitrogen and oxygen atoms in total. The van der Waals surface area contributed by atoms with E-state index >= 15 is 0 Å². The molecule has 0 spiro atoms. The van der Waals surface area contributed by atoms with Crippen molar-refractivity contribution in [2.45, 2.75) is 19.5 Å². The van der Waals surface area contributed by atoms with Crippen molar-refractivity contribution in [3.05, 3.63) is 59.3 Å². The van der Waals surface area contributed by atoms with Crippen molar-refractivity contribution in [2.75, 3.05) is 18.5 Å². The standard InChI is InChI=1S/C16H19N3/c1-17-11-15-7-4-8-16(18-15)19-10-9-13-5-2-3-6-14(13)12-19/h2-8,17H,9-12H2,1H3. The number of aromatic nitrogens is 1. The van der Waals surface area contributed by atoms with Gasteiger partial charge < -0.3 is 10.2 Å². The summed E-state index contributed by atoms with van der Waals surface area (Å²) >= 11 is 0. The molecule has 2 aromatic rings. The highest BCUT2D eigenvalue weighted by Crippen LogP contribution is 2.22. The van der Waals surface area contributed by atoms with Crippen molar-refractivity contribution in [3.8, 4) is 0 Å². The van der Waals surface area contributed by atoms with Gasteiger partial charge in [-0.2, -0.15) is 0 Å². The number of rotatable bonds is 3. The van der Waals surface area contributed by atoms with Crippen molar-refractivity contribution < 1.29 is 0 Å². The summed E-state index contributed by atoms with van der Waals surface area (Å²) in [7, 11) is 1.95. The first-order chi connectivity index (χ1) is 9.36. The quantitative estimate of drug-likeness (QED) is 0.910. The molecule has 1 aromatic heterocycles. The second-order valence-corrected chi connectivity index (χ2v) is 4.96. The zero-order chi connectivity index (χ0) is 13.1. The van der Waals surface area contributed by atoms with Crippen LogP contribution in [-0.4, -0.2) is 18.6 Å². The van der Waals surface area contributed by atoms with Crippen LogP contribution in [0.25, 0.3) is 0 Å². The molecule has 0 unspecified atom stereocenters. The Morgan fingerprint density at radius 2 is 1.95 bits per heavy atom. The average Bonchev–Trinajstić information content (AvgIpc) is 2.47. The number of hydrogen-bond acceptors (Lipinski definition) is 3. The van der Waals surface area contributed by atoms with Gasteiger partial charge in [-0.1, -0.05) is 30.3 Å². The van der Waals surface area contributed by atoms with E-state index in [9.17, 15) is 0 Å². The fraction of sp³-hybridized carbons (Fsp3) is 0.312. The topological polar surface area (TPSA) is 28.2 Å². The molecule has 0 amide bonds. The maximum absolute atomic E-state index is 4.72. The van der Waals surface area contributed by atoms with Crippen molar-refractivity contribution >= 4 is 5.82 Å². The molecule has 3 heteroatoms. The third kappa shape index (κ3) is 2.61. The molecule has 0 radical (unpaired) electrons. The highest BCUT2D eigenvalue weighted by atomic mass is 15.2. The summed E-state index contributed by atoms with van der Waals surface area (Å²) in [6, 6.07) is 15.0. The van der Waals surface area contributed by atoms with Gasteiger partial charge in [0, 0.05) is 19.6 Å². The number of hydrogen-bond donors (Lipinski definition) is 1. The molecule has 0 bridgehead atoms. The molecule has 0 saturated carbocycles. The van der Waals surface area contributed by atoms with Crippen molar-refractivity contribution in [2.24, 2.45) is 0 Å². The Kier molecular flexibility index (Phi) is 3.47. The smallest absolute Gasteiger partial charge is 0.129 e. The second-order valence-electron chi connectivity index (χ2n) is 4.96. The number of pyridine rings is 1. The summed E-state index contributed by atoms with van der Waals surface area (Å²) in [6.45, 7) is 2.83. The molecule has 0 saturated heterocycles. The highest BCUT2D eigenvalue weighted by Gasteiger charge is 2.16. The van der Waals surface area contributed by atoms with Crippen LogP contribution in [0.4, 0.5) is 5.82 Å². The van der Waals surface area contributed by atoms with Gasteiger partial charge in [-0.3, -0.25) is 0 Å². The first-order valence-electron chi connectivity index (χ1n) is 6.79. The van der Waals surface area contributed by atoms with Crippen LogP contribution in [0.1, 0.15) is 16.8 Å². The molecule has 98 valence electrons. The van der Waals surface area contributed by atoms with Crippen LogP contribution in [0.5, 0.6) is 0 Å². The van der Waals surface area contributed by atoms with E-state index in [1.807, 2.05) is 7.05 Å². The van der Waals surface area contributed by atoms with E-state index in [1.165, 1.54) is 11.1 Å². The lowest BCUT2D eigenvalue weighted by Gasteiger charge is -2.30. The van der Waals surface area contributed by atoms with Crippen molar-refractivity contribution in [1.29, 1.82) is 0 Å². The van der Waals surface area contributed by atoms with Gasteiger partial charge in [0.15, 0.2) is 0 Å². The van der Waals surface area contributed by atoms with E-state index in [4.69, 9.17) is 4.98 Å². The summed E-state index contributed by atoms with van der Waals surface area (Å²) in [5.74, 6) is 1.09. The molecule has 3 rings (SSSR count). The van der Waals surface area contributed by atoms with Crippen molar-refractivity contribution in [3.63, 3.8) is 0 Å². The van der Waals surface area contributed by atoms with Gasteiger partial charge in [0.25, 0.3) is 0 Å². The maximum Gasteiger partial charge on any atom is 0.129 e. The molecule has 1 aromatic carbocycles. The van der Waals surface area contributed by atoms with E-state index < -0.39 is 0 Å². The van der Waals surface area contributed by atoms with Crippen LogP contribution >= 0.6 is 0 Å². The van der Waals surface area contributed by atoms with Gasteiger partial charge in [0.2, 0.25) is 0 Å². The molecule has 0 atom stereocenters. The van der Waals surface area contributed by atoms with Crippen molar-refractivity contribution in [1.82, 2.24) is 10.3 Å². The first-order valence-corrected chi connectivity index (χ1v) is 6.79. The fourth-order valence-electron chi connectivity index (χ4n) is 2.61. The molecule has 1 N–H and O–H groups in total. The van der Waals surface area contributed by atoms with Gasteiger partial charge in [0.05, 0.1) is 5.69 Å². The minimum atomic E-state index is 0.818. The van der Waals surface area contributed by atoms with Gasteiger partial charge >= 0.3 is 0 Å². The third-order valence-corrected chi connectivity index (χ3v) is 3.60. The Morgan fingerprint density at radius 1 is 1.11 bits per heavy atom. The molecule has 1 aliphatic heterocycles. The number of nitrogens with zero attached hydrogens (tertiary/aromatic N) is 2. The predicted molar refractivity (Wildman–Crippen MR) is 78.2 cm³/mol. The van der Waals surface area contributed by atoms with Crippen LogP contribution in [0, 0.1) is 0 Å². The Balaban J connectivity index is 1.82. The predicted octanol–water partition coefficient (Wildman–Crippen LogP) is 2.36. The molecular weight excluding hydrogens is 234 g/mol. The fourth-order valence-corrected chi connectivity index (χ4v) is 2.61. The summed E-state index contributed by atoms with van der Waals surface area (Å²) in [5, 5.41) is 3.15. The maximum atomic E-state index is 4.72. The lowest BCUT2D eigenvalue weighted by atomic mass is 10.00. The Morgan fingerprint density at radius 3 is 2.79 bits per heavy atom. The van der Waals surface area contributed by atoms with Gasteiger partial charge in [0.1, 0.15) is 5.82 Å². The van der Waals surface area contributed by atoms with Crippen LogP contribution in [-0.2, 0) is 19.5 Å². The number of benzene rings is 1. The summed E-state index contributed by atoms with van der Waals surface area (Å²) in [5.41, 5.74) is 4.00. The van der Waals surface area contributed by atoms with E-state index in [2.05, 4.69) is 52.7 Å². The lowest BCUT2D eigenvalue weighted by molar-refractivity contribution is 0.712. The van der Waals surface area contributed by atoms with E-state index in [0.717, 1.165) is 37.6 Å². The number of fused-ring (bicyclic) bond motifs is 1. The van der Waals surface area contributed by atoms with Crippen LogP contribution in [0.3, 0.4) is 0 Å². The minimum absolute atomic E-state index is 0.818. The van der Waals surface area contributed by atoms with Crippen LogP contribution in [0.2, 0.25) is 0 Å². The summed E-state index contributed by atoms with van der Waals surface area (Å²) in [6.07, 6.45) is 1.11. The normalized spacial score (nSPS) is 14.3. The molecular formula is C16H19N3. The Bertz CT molecular complexity index is 565. The Labute approximate surface area is 114 Å². The third-order valence-electron chi connectivity index (χ3n) is 3.60. The van der Waals surface area contributed by atoms with Gasteiger partial charge in [-0.05, 0) is 36.7 Å². The largest absolute Gasteiger partial charge is 0.352 e. The van der Waals surface area contributed by atoms with E-state index in [-0.39, 0.29) is 0 Å². The van der Waals surface area contributed by atoms with E-state index in [1.54, 1.807) is 0 Å².